The lowest BCUT2D eigenvalue weighted by molar-refractivity contribution is -0.144. The maximum atomic E-state index is 14.5. The van der Waals surface area contributed by atoms with Crippen molar-refractivity contribution in [2.45, 2.75) is 103 Å². The van der Waals surface area contributed by atoms with Gasteiger partial charge in [-0.1, -0.05) is 87.7 Å². The lowest BCUT2D eigenvalue weighted by atomic mass is 9.85. The number of carbonyl (C=O) groups is 5. The number of rotatable bonds is 12. The summed E-state index contributed by atoms with van der Waals surface area (Å²) >= 11 is 6.24. The van der Waals surface area contributed by atoms with E-state index < -0.39 is 58.7 Å². The van der Waals surface area contributed by atoms with E-state index in [9.17, 15) is 24.0 Å². The molecule has 2 fully saturated rings. The topological polar surface area (TPSA) is 155 Å². The first-order valence-electron chi connectivity index (χ1n) is 17.1. The molecule has 1 saturated heterocycles. The van der Waals surface area contributed by atoms with Gasteiger partial charge in [-0.25, -0.2) is 4.79 Å². The molecule has 13 heteroatoms. The number of carbonyl (C=O) groups excluding carboxylic acids is 5. The van der Waals surface area contributed by atoms with Gasteiger partial charge in [-0.2, -0.15) is 0 Å². The van der Waals surface area contributed by atoms with Crippen LogP contribution >= 0.6 is 11.6 Å². The minimum absolute atomic E-state index is 0.00672. The number of aryl methyl sites for hydroxylation is 1. The molecule has 2 heterocycles. The number of hydrogen-bond acceptors (Lipinski definition) is 8. The van der Waals surface area contributed by atoms with E-state index in [-0.39, 0.29) is 32.0 Å². The zero-order valence-electron chi connectivity index (χ0n) is 29.1. The van der Waals surface area contributed by atoms with Crippen LogP contribution in [0, 0.1) is 12.3 Å². The Morgan fingerprint density at radius 3 is 2.44 bits per heavy atom. The molecule has 1 saturated carbocycles. The maximum Gasteiger partial charge on any atom is 0.408 e. The van der Waals surface area contributed by atoms with Crippen LogP contribution in [0.25, 0.3) is 5.70 Å². The maximum absolute atomic E-state index is 14.5. The largest absolute Gasteiger partial charge is 0.445 e. The Balaban J connectivity index is 1.40. The Bertz CT molecular complexity index is 1650. The summed E-state index contributed by atoms with van der Waals surface area (Å²) in [6.45, 7) is 9.18. The van der Waals surface area contributed by atoms with Gasteiger partial charge in [0.15, 0.2) is 0 Å². The molecule has 0 unspecified atom stereocenters. The van der Waals surface area contributed by atoms with E-state index in [0.717, 1.165) is 29.5 Å². The Kier molecular flexibility index (Phi) is 11.2. The summed E-state index contributed by atoms with van der Waals surface area (Å²) in [5.41, 5.74) is 4.23. The first-order chi connectivity index (χ1) is 23.7. The number of halogens is 1. The molecule has 2 aromatic rings. The first-order valence-corrected chi connectivity index (χ1v) is 17.4. The van der Waals surface area contributed by atoms with Crippen molar-refractivity contribution in [3.05, 3.63) is 76.3 Å². The molecule has 2 aliphatic heterocycles. The van der Waals surface area contributed by atoms with Crippen molar-refractivity contribution < 1.29 is 33.5 Å². The Labute approximate surface area is 297 Å². The van der Waals surface area contributed by atoms with Gasteiger partial charge in [-0.05, 0) is 55.4 Å². The van der Waals surface area contributed by atoms with Crippen LogP contribution in [0.4, 0.5) is 4.79 Å². The number of Topliss-reactive ketones (excluding diaryl/α,β-unsaturated/α-hetero) is 1. The zero-order valence-corrected chi connectivity index (χ0v) is 29.9. The molecule has 2 aromatic carbocycles. The second kappa shape index (κ2) is 15.2. The molecule has 1 aliphatic carbocycles. The van der Waals surface area contributed by atoms with Crippen LogP contribution in [-0.2, 0) is 35.4 Å². The standard InChI is InChI=1S/C37H46ClN5O7/c1-6-8-27(30(44)33(46)39-26-15-16-26)40-32(45)29-19-37(18-28(42-50-37)24-9-7-10-25(38)17-24)21-43(29)34(47)31(36(3,4)5)41-35(48)49-20-23-13-11-22(2)12-14-23/h7,9-14,17-18,26-27,29,31,42H,6,8,15-16,19-21H2,1-5H3,(H,39,46)(H,40,45)(H,41,48)/t27-,29-,31+,37+/m0/s1. The number of hydroxylamine groups is 1. The van der Waals surface area contributed by atoms with Gasteiger partial charge in [0.1, 0.15) is 24.3 Å². The summed E-state index contributed by atoms with van der Waals surface area (Å²) in [5.74, 6) is -2.60. The monoisotopic (exact) mass is 707 g/mol. The van der Waals surface area contributed by atoms with Crippen LogP contribution in [-0.4, -0.2) is 70.8 Å². The van der Waals surface area contributed by atoms with Crippen LogP contribution in [0.1, 0.15) is 76.5 Å². The summed E-state index contributed by atoms with van der Waals surface area (Å²) in [5, 5.41) is 8.73. The van der Waals surface area contributed by atoms with Gasteiger partial charge in [0, 0.05) is 23.0 Å². The lowest BCUT2D eigenvalue weighted by Crippen LogP contribution is -2.59. The van der Waals surface area contributed by atoms with E-state index in [0.29, 0.717) is 17.1 Å². The van der Waals surface area contributed by atoms with Gasteiger partial charge in [-0.15, -0.1) is 0 Å². The molecular formula is C37H46ClN5O7. The highest BCUT2D eigenvalue weighted by molar-refractivity contribution is 6.38. The van der Waals surface area contributed by atoms with Gasteiger partial charge in [0.2, 0.25) is 17.6 Å². The van der Waals surface area contributed by atoms with E-state index in [2.05, 4.69) is 21.4 Å². The highest BCUT2D eigenvalue weighted by Gasteiger charge is 2.54. The van der Waals surface area contributed by atoms with Crippen LogP contribution in [0.2, 0.25) is 5.02 Å². The van der Waals surface area contributed by atoms with E-state index in [1.807, 2.05) is 50.3 Å². The fourth-order valence-corrected chi connectivity index (χ4v) is 6.29. The molecule has 12 nitrogen and oxygen atoms in total. The zero-order chi connectivity index (χ0) is 36.2. The number of nitrogens with one attached hydrogen (secondary N) is 4. The molecule has 4 amide bonds. The van der Waals surface area contributed by atoms with Gasteiger partial charge in [-0.3, -0.25) is 29.5 Å². The summed E-state index contributed by atoms with van der Waals surface area (Å²) < 4.78 is 5.48. The minimum atomic E-state index is -1.13. The molecule has 0 aromatic heterocycles. The van der Waals surface area contributed by atoms with E-state index in [4.69, 9.17) is 21.2 Å². The predicted octanol–water partition coefficient (Wildman–Crippen LogP) is 4.34. The number of ketones is 1. The highest BCUT2D eigenvalue weighted by Crippen LogP contribution is 2.39. The molecule has 3 aliphatic rings. The number of benzene rings is 2. The average Bonchev–Trinajstić information content (AvgIpc) is 3.66. The Morgan fingerprint density at radius 1 is 1.08 bits per heavy atom. The van der Waals surface area contributed by atoms with Crippen molar-refractivity contribution >= 4 is 46.9 Å². The van der Waals surface area contributed by atoms with Gasteiger partial charge >= 0.3 is 6.09 Å². The first kappa shape index (κ1) is 36.9. The summed E-state index contributed by atoms with van der Waals surface area (Å²) in [7, 11) is 0. The Morgan fingerprint density at radius 2 is 1.80 bits per heavy atom. The summed E-state index contributed by atoms with van der Waals surface area (Å²) in [6, 6.07) is 11.4. The quantitative estimate of drug-likeness (QED) is 0.238. The molecule has 4 N–H and O–H groups in total. The SMILES string of the molecule is CCC[C@H](NC(=O)[C@@H]1C[C@]2(C=C(c3cccc(Cl)c3)NO2)CN1C(=O)[C@@H](NC(=O)OCc1ccc(C)cc1)C(C)(C)C)C(=O)C(=O)NC1CC1. The van der Waals surface area contributed by atoms with E-state index in [1.54, 1.807) is 39.0 Å². The molecule has 50 heavy (non-hydrogen) atoms. The number of ether oxygens (including phenoxy) is 1. The van der Waals surface area contributed by atoms with E-state index in [1.165, 1.54) is 4.90 Å². The highest BCUT2D eigenvalue weighted by atomic mass is 35.5. The third-order valence-electron chi connectivity index (χ3n) is 9.06. The fourth-order valence-electron chi connectivity index (χ4n) is 6.10. The number of alkyl carbamates (subject to hydrolysis) is 1. The summed E-state index contributed by atoms with van der Waals surface area (Å²) in [4.78, 5) is 75.0. The number of nitrogens with zero attached hydrogens (tertiary/aromatic N) is 1. The van der Waals surface area contributed by atoms with E-state index >= 15 is 0 Å². The normalized spacial score (nSPS) is 21.1. The predicted molar refractivity (Wildman–Crippen MR) is 187 cm³/mol. The third-order valence-corrected chi connectivity index (χ3v) is 9.29. The van der Waals surface area contributed by atoms with Crippen LogP contribution in [0.3, 0.4) is 0 Å². The Hall–Kier alpha value is -4.42. The van der Waals surface area contributed by atoms with Crippen molar-refractivity contribution in [1.82, 2.24) is 26.3 Å². The smallest absolute Gasteiger partial charge is 0.408 e. The molecule has 0 radical (unpaired) electrons. The van der Waals surface area contributed by atoms with Crippen LogP contribution < -0.4 is 21.4 Å². The molecule has 4 atom stereocenters. The molecular weight excluding hydrogens is 662 g/mol. The van der Waals surface area contributed by atoms with Gasteiger partial charge in [0.05, 0.1) is 18.3 Å². The van der Waals surface area contributed by atoms with Crippen molar-refractivity contribution in [2.75, 3.05) is 6.54 Å². The third kappa shape index (κ3) is 9.02. The molecule has 1 spiro atoms. The van der Waals surface area contributed by atoms with Crippen LogP contribution in [0.15, 0.2) is 54.6 Å². The molecule has 5 rings (SSSR count). The van der Waals surface area contributed by atoms with Gasteiger partial charge in [0.25, 0.3) is 5.91 Å². The number of likely N-dealkylation sites (tertiary alicyclic amines) is 1. The molecule has 268 valence electrons. The molecule has 0 bridgehead atoms. The van der Waals surface area contributed by atoms with Crippen molar-refractivity contribution in [1.29, 1.82) is 0 Å². The number of amides is 4. The second-order valence-corrected chi connectivity index (χ2v) is 14.9. The fraction of sp³-hybridized carbons (Fsp3) is 0.486. The second-order valence-electron chi connectivity index (χ2n) is 14.5. The van der Waals surface area contributed by atoms with Crippen molar-refractivity contribution in [2.24, 2.45) is 5.41 Å². The average molecular weight is 708 g/mol. The summed E-state index contributed by atoms with van der Waals surface area (Å²) in [6.07, 6.45) is 3.47. The minimum Gasteiger partial charge on any atom is -0.445 e. The van der Waals surface area contributed by atoms with Gasteiger partial charge < -0.3 is 25.6 Å². The lowest BCUT2D eigenvalue weighted by Gasteiger charge is -2.35. The van der Waals surface area contributed by atoms with Crippen molar-refractivity contribution in [3.8, 4) is 0 Å². The number of hydrogen-bond donors (Lipinski definition) is 4. The van der Waals surface area contributed by atoms with Crippen molar-refractivity contribution in [3.63, 3.8) is 0 Å². The van der Waals surface area contributed by atoms with Crippen LogP contribution in [0.5, 0.6) is 0 Å².